The summed E-state index contributed by atoms with van der Waals surface area (Å²) >= 11 is 0. The SMILES string of the molecule is CCOC(=O)c1ccc(N2C(=O)CC(N(CCc3ccccc3)C(=O)c3cccc(C)c3)C2=O)cc1. The molecule has 4 rings (SSSR count). The minimum Gasteiger partial charge on any atom is -0.462 e. The van der Waals surface area contributed by atoms with Crippen LogP contribution in [0.5, 0.6) is 0 Å². The van der Waals surface area contributed by atoms with Crippen LogP contribution in [0.15, 0.2) is 78.9 Å². The molecule has 0 N–H and O–H groups in total. The van der Waals surface area contributed by atoms with Gasteiger partial charge in [-0.05, 0) is 62.2 Å². The van der Waals surface area contributed by atoms with Crippen LogP contribution in [-0.4, -0.2) is 47.8 Å². The number of imide groups is 1. The van der Waals surface area contributed by atoms with Crippen molar-refractivity contribution in [3.05, 3.63) is 101 Å². The van der Waals surface area contributed by atoms with Gasteiger partial charge in [-0.3, -0.25) is 14.4 Å². The second-order valence-corrected chi connectivity index (χ2v) is 8.66. The van der Waals surface area contributed by atoms with Crippen LogP contribution in [0.4, 0.5) is 5.69 Å². The summed E-state index contributed by atoms with van der Waals surface area (Å²) in [5.74, 6) is -1.62. The molecule has 3 amide bonds. The van der Waals surface area contributed by atoms with Gasteiger partial charge in [0.2, 0.25) is 5.91 Å². The molecular weight excluding hydrogens is 456 g/mol. The molecule has 1 aliphatic heterocycles. The highest BCUT2D eigenvalue weighted by Gasteiger charge is 2.44. The third-order valence-corrected chi connectivity index (χ3v) is 6.15. The van der Waals surface area contributed by atoms with Crippen molar-refractivity contribution in [3.63, 3.8) is 0 Å². The fraction of sp³-hybridized carbons (Fsp3) is 0.241. The predicted octanol–water partition coefficient (Wildman–Crippen LogP) is 4.19. The van der Waals surface area contributed by atoms with Crippen LogP contribution in [0.1, 0.15) is 45.2 Å². The average molecular weight is 485 g/mol. The summed E-state index contributed by atoms with van der Waals surface area (Å²) in [6.45, 7) is 4.15. The summed E-state index contributed by atoms with van der Waals surface area (Å²) in [4.78, 5) is 54.6. The summed E-state index contributed by atoms with van der Waals surface area (Å²) in [6.07, 6.45) is 0.440. The smallest absolute Gasteiger partial charge is 0.338 e. The van der Waals surface area contributed by atoms with E-state index in [1.54, 1.807) is 37.3 Å². The van der Waals surface area contributed by atoms with E-state index >= 15 is 0 Å². The van der Waals surface area contributed by atoms with E-state index < -0.39 is 23.8 Å². The molecular formula is C29H28N2O5. The molecule has 7 heteroatoms. The lowest BCUT2D eigenvalue weighted by Gasteiger charge is -2.28. The van der Waals surface area contributed by atoms with Gasteiger partial charge in [0.1, 0.15) is 6.04 Å². The number of carbonyl (C=O) groups is 4. The molecule has 36 heavy (non-hydrogen) atoms. The summed E-state index contributed by atoms with van der Waals surface area (Å²) in [5, 5.41) is 0. The van der Waals surface area contributed by atoms with Gasteiger partial charge in [-0.2, -0.15) is 0 Å². The molecule has 0 spiro atoms. The van der Waals surface area contributed by atoms with Crippen molar-refractivity contribution >= 4 is 29.4 Å². The number of anilines is 1. The molecule has 1 saturated heterocycles. The molecule has 0 saturated carbocycles. The number of amides is 3. The van der Waals surface area contributed by atoms with E-state index in [1.807, 2.05) is 43.3 Å². The number of esters is 1. The number of rotatable bonds is 8. The van der Waals surface area contributed by atoms with Crippen molar-refractivity contribution in [3.8, 4) is 0 Å². The number of ether oxygens (including phenoxy) is 1. The zero-order valence-corrected chi connectivity index (χ0v) is 20.3. The lowest BCUT2D eigenvalue weighted by molar-refractivity contribution is -0.122. The van der Waals surface area contributed by atoms with Crippen LogP contribution in [0.2, 0.25) is 0 Å². The summed E-state index contributed by atoms with van der Waals surface area (Å²) in [7, 11) is 0. The predicted molar refractivity (Wildman–Crippen MR) is 136 cm³/mol. The van der Waals surface area contributed by atoms with Crippen molar-refractivity contribution in [2.45, 2.75) is 32.7 Å². The number of benzene rings is 3. The van der Waals surface area contributed by atoms with Gasteiger partial charge in [-0.1, -0.05) is 48.0 Å². The van der Waals surface area contributed by atoms with Gasteiger partial charge in [0.05, 0.1) is 24.3 Å². The molecule has 1 aliphatic rings. The molecule has 0 bridgehead atoms. The molecule has 1 heterocycles. The normalized spacial score (nSPS) is 15.2. The Morgan fingerprint density at radius 2 is 1.67 bits per heavy atom. The number of aryl methyl sites for hydroxylation is 1. The van der Waals surface area contributed by atoms with Crippen molar-refractivity contribution in [2.75, 3.05) is 18.1 Å². The molecule has 1 fully saturated rings. The second-order valence-electron chi connectivity index (χ2n) is 8.66. The zero-order valence-electron chi connectivity index (χ0n) is 20.3. The quantitative estimate of drug-likeness (QED) is 0.354. The summed E-state index contributed by atoms with van der Waals surface area (Å²) in [6, 6.07) is 22.1. The van der Waals surface area contributed by atoms with E-state index in [-0.39, 0.29) is 25.5 Å². The monoisotopic (exact) mass is 484 g/mol. The summed E-state index contributed by atoms with van der Waals surface area (Å²) < 4.78 is 4.99. The van der Waals surface area contributed by atoms with Crippen molar-refractivity contribution in [2.24, 2.45) is 0 Å². The number of hydrogen-bond donors (Lipinski definition) is 0. The Bertz CT molecular complexity index is 1270. The molecule has 1 unspecified atom stereocenters. The van der Waals surface area contributed by atoms with Crippen LogP contribution in [0, 0.1) is 6.92 Å². The molecule has 7 nitrogen and oxygen atoms in total. The minimum absolute atomic E-state index is 0.106. The van der Waals surface area contributed by atoms with E-state index in [4.69, 9.17) is 4.74 Å². The Labute approximate surface area is 210 Å². The maximum atomic E-state index is 13.6. The first-order chi connectivity index (χ1) is 17.4. The van der Waals surface area contributed by atoms with Crippen LogP contribution >= 0.6 is 0 Å². The van der Waals surface area contributed by atoms with E-state index in [1.165, 1.54) is 17.0 Å². The molecule has 0 aromatic heterocycles. The molecule has 0 aliphatic carbocycles. The van der Waals surface area contributed by atoms with Crippen LogP contribution in [-0.2, 0) is 20.7 Å². The van der Waals surface area contributed by atoms with Gasteiger partial charge in [-0.15, -0.1) is 0 Å². The maximum Gasteiger partial charge on any atom is 0.338 e. The highest BCUT2D eigenvalue weighted by Crippen LogP contribution is 2.27. The Morgan fingerprint density at radius 1 is 0.944 bits per heavy atom. The van der Waals surface area contributed by atoms with Gasteiger partial charge in [0.25, 0.3) is 11.8 Å². The van der Waals surface area contributed by atoms with Gasteiger partial charge >= 0.3 is 5.97 Å². The Kier molecular flexibility index (Phi) is 7.59. The molecule has 1 atom stereocenters. The topological polar surface area (TPSA) is 84.0 Å². The molecule has 184 valence electrons. The fourth-order valence-electron chi connectivity index (χ4n) is 4.33. The number of nitrogens with zero attached hydrogens (tertiary/aromatic N) is 2. The van der Waals surface area contributed by atoms with E-state index in [0.717, 1.165) is 16.0 Å². The average Bonchev–Trinajstić information content (AvgIpc) is 3.18. The van der Waals surface area contributed by atoms with Crippen molar-refractivity contribution < 1.29 is 23.9 Å². The first kappa shape index (κ1) is 24.9. The number of carbonyl (C=O) groups excluding carboxylic acids is 4. The standard InChI is InChI=1S/C29H28N2O5/c1-3-36-29(35)22-12-14-24(15-13-22)31-26(32)19-25(28(31)34)30(17-16-21-9-5-4-6-10-21)27(33)23-11-7-8-20(2)18-23/h4-15,18,25H,3,16-17,19H2,1-2H3. The first-order valence-electron chi connectivity index (χ1n) is 11.9. The Balaban J connectivity index is 1.60. The third kappa shape index (κ3) is 5.35. The van der Waals surface area contributed by atoms with Crippen molar-refractivity contribution in [1.29, 1.82) is 0 Å². The zero-order chi connectivity index (χ0) is 25.7. The third-order valence-electron chi connectivity index (χ3n) is 6.15. The van der Waals surface area contributed by atoms with Gasteiger partial charge in [-0.25, -0.2) is 9.69 Å². The maximum absolute atomic E-state index is 13.6. The highest BCUT2D eigenvalue weighted by molar-refractivity contribution is 6.23. The van der Waals surface area contributed by atoms with Crippen LogP contribution in [0.25, 0.3) is 0 Å². The molecule has 3 aromatic carbocycles. The van der Waals surface area contributed by atoms with Crippen LogP contribution in [0.3, 0.4) is 0 Å². The summed E-state index contributed by atoms with van der Waals surface area (Å²) in [5.41, 5.74) is 3.12. The molecule has 0 radical (unpaired) electrons. The Hall–Kier alpha value is -4.26. The van der Waals surface area contributed by atoms with E-state index in [9.17, 15) is 19.2 Å². The van der Waals surface area contributed by atoms with Gasteiger partial charge < -0.3 is 9.64 Å². The molecule has 3 aromatic rings. The van der Waals surface area contributed by atoms with E-state index in [2.05, 4.69) is 0 Å². The largest absolute Gasteiger partial charge is 0.462 e. The fourth-order valence-corrected chi connectivity index (χ4v) is 4.33. The van der Waals surface area contributed by atoms with Gasteiger partial charge in [0, 0.05) is 12.1 Å². The first-order valence-corrected chi connectivity index (χ1v) is 11.9. The lowest BCUT2D eigenvalue weighted by Crippen LogP contribution is -2.46. The van der Waals surface area contributed by atoms with E-state index in [0.29, 0.717) is 23.2 Å². The van der Waals surface area contributed by atoms with Crippen molar-refractivity contribution in [1.82, 2.24) is 4.90 Å². The lowest BCUT2D eigenvalue weighted by atomic mass is 10.1. The second kappa shape index (κ2) is 11.0. The van der Waals surface area contributed by atoms with Gasteiger partial charge in [0.15, 0.2) is 0 Å². The minimum atomic E-state index is -0.918. The number of hydrogen-bond acceptors (Lipinski definition) is 5. The Morgan fingerprint density at radius 3 is 2.33 bits per heavy atom. The highest BCUT2D eigenvalue weighted by atomic mass is 16.5. The van der Waals surface area contributed by atoms with Crippen LogP contribution < -0.4 is 4.90 Å².